The van der Waals surface area contributed by atoms with Crippen molar-refractivity contribution in [1.82, 2.24) is 20.2 Å². The van der Waals surface area contributed by atoms with Gasteiger partial charge < -0.3 is 15.1 Å². The Labute approximate surface area is 178 Å². The van der Waals surface area contributed by atoms with Gasteiger partial charge in [0.1, 0.15) is 6.26 Å². The van der Waals surface area contributed by atoms with Gasteiger partial charge in [0.25, 0.3) is 5.91 Å². The second-order valence-electron chi connectivity index (χ2n) is 6.77. The van der Waals surface area contributed by atoms with E-state index in [1.807, 2.05) is 30.3 Å². The Balaban J connectivity index is 1.26. The lowest BCUT2D eigenvalue weighted by Crippen LogP contribution is -2.14. The molecule has 2 aromatic carbocycles. The van der Waals surface area contributed by atoms with E-state index < -0.39 is 0 Å². The molecule has 9 nitrogen and oxygen atoms in total. The Hall–Kier alpha value is -4.27. The first-order chi connectivity index (χ1) is 15.2. The summed E-state index contributed by atoms with van der Waals surface area (Å²) in [5.41, 5.74) is 2.49. The van der Waals surface area contributed by atoms with Gasteiger partial charge in [0.2, 0.25) is 11.7 Å². The Morgan fingerprint density at radius 3 is 2.55 bits per heavy atom. The molecule has 2 heterocycles. The molecule has 0 aliphatic carbocycles. The number of hydrogen-bond acceptors (Lipinski definition) is 6. The van der Waals surface area contributed by atoms with Crippen LogP contribution in [0, 0.1) is 0 Å². The van der Waals surface area contributed by atoms with Crippen LogP contribution >= 0.6 is 0 Å². The average molecular weight is 416 g/mol. The number of anilines is 2. The standard InChI is InChI=1S/C22H20N6O3/c29-20(10-5-12-28-26-21(25-27-28)16-6-2-1-3-7-16)23-18-8-4-9-19(14-18)24-22(30)17-11-13-31-15-17/h1-4,6-9,11,13-15H,5,10,12H2,(H,23,29)(H,24,30). The molecular formula is C22H20N6O3. The van der Waals surface area contributed by atoms with Crippen molar-refractivity contribution in [2.24, 2.45) is 0 Å². The zero-order chi connectivity index (χ0) is 21.5. The van der Waals surface area contributed by atoms with Crippen molar-refractivity contribution < 1.29 is 14.0 Å². The summed E-state index contributed by atoms with van der Waals surface area (Å²) in [6.45, 7) is 0.480. The molecule has 0 bridgehead atoms. The maximum Gasteiger partial charge on any atom is 0.258 e. The van der Waals surface area contributed by atoms with Crippen molar-refractivity contribution in [2.45, 2.75) is 19.4 Å². The van der Waals surface area contributed by atoms with E-state index >= 15 is 0 Å². The molecule has 156 valence electrons. The normalized spacial score (nSPS) is 10.6. The van der Waals surface area contributed by atoms with Crippen molar-refractivity contribution in [3.63, 3.8) is 0 Å². The maximum atomic E-state index is 12.3. The molecule has 0 aliphatic heterocycles. The SMILES string of the molecule is O=C(CCCn1nnc(-c2ccccc2)n1)Nc1cccc(NC(=O)c2ccoc2)c1. The summed E-state index contributed by atoms with van der Waals surface area (Å²) >= 11 is 0. The van der Waals surface area contributed by atoms with E-state index in [0.29, 0.717) is 42.1 Å². The Morgan fingerprint density at radius 2 is 1.77 bits per heavy atom. The van der Waals surface area contributed by atoms with Gasteiger partial charge in [-0.2, -0.15) is 4.80 Å². The fourth-order valence-electron chi connectivity index (χ4n) is 2.92. The van der Waals surface area contributed by atoms with Crippen molar-refractivity contribution in [1.29, 1.82) is 0 Å². The second-order valence-corrected chi connectivity index (χ2v) is 6.77. The highest BCUT2D eigenvalue weighted by atomic mass is 16.3. The largest absolute Gasteiger partial charge is 0.472 e. The van der Waals surface area contributed by atoms with Gasteiger partial charge in [0.05, 0.1) is 18.4 Å². The Kier molecular flexibility index (Phi) is 6.13. The minimum atomic E-state index is -0.285. The highest BCUT2D eigenvalue weighted by molar-refractivity contribution is 6.04. The summed E-state index contributed by atoms with van der Waals surface area (Å²) in [7, 11) is 0. The van der Waals surface area contributed by atoms with Crippen LogP contribution in [0.1, 0.15) is 23.2 Å². The number of nitrogens with zero attached hydrogens (tertiary/aromatic N) is 4. The van der Waals surface area contributed by atoms with Gasteiger partial charge in [-0.3, -0.25) is 9.59 Å². The topological polar surface area (TPSA) is 115 Å². The summed E-state index contributed by atoms with van der Waals surface area (Å²) in [4.78, 5) is 25.9. The zero-order valence-corrected chi connectivity index (χ0v) is 16.6. The van der Waals surface area contributed by atoms with E-state index in [2.05, 4.69) is 26.0 Å². The number of carbonyl (C=O) groups is 2. The molecule has 2 aromatic heterocycles. The van der Waals surface area contributed by atoms with Crippen molar-refractivity contribution in [2.75, 3.05) is 10.6 Å². The zero-order valence-electron chi connectivity index (χ0n) is 16.6. The first-order valence-electron chi connectivity index (χ1n) is 9.74. The minimum absolute atomic E-state index is 0.137. The monoisotopic (exact) mass is 416 g/mol. The highest BCUT2D eigenvalue weighted by Crippen LogP contribution is 2.17. The van der Waals surface area contributed by atoms with E-state index in [1.165, 1.54) is 17.3 Å². The number of rotatable bonds is 8. The molecule has 0 unspecified atom stereocenters. The third-order valence-electron chi connectivity index (χ3n) is 4.43. The van der Waals surface area contributed by atoms with Crippen LogP contribution in [0.3, 0.4) is 0 Å². The molecular weight excluding hydrogens is 396 g/mol. The minimum Gasteiger partial charge on any atom is -0.472 e. The van der Waals surface area contributed by atoms with Gasteiger partial charge in [-0.1, -0.05) is 36.4 Å². The van der Waals surface area contributed by atoms with Crippen LogP contribution in [0.15, 0.2) is 77.6 Å². The molecule has 0 spiro atoms. The Bertz CT molecular complexity index is 1150. The van der Waals surface area contributed by atoms with E-state index in [-0.39, 0.29) is 11.8 Å². The van der Waals surface area contributed by atoms with Crippen molar-refractivity contribution >= 4 is 23.2 Å². The smallest absolute Gasteiger partial charge is 0.258 e. The van der Waals surface area contributed by atoms with Gasteiger partial charge >= 0.3 is 0 Å². The molecule has 4 aromatic rings. The molecule has 31 heavy (non-hydrogen) atoms. The lowest BCUT2D eigenvalue weighted by atomic mass is 10.2. The molecule has 0 atom stereocenters. The molecule has 2 N–H and O–H groups in total. The molecule has 0 saturated carbocycles. The van der Waals surface area contributed by atoms with E-state index in [1.54, 1.807) is 30.3 Å². The number of amides is 2. The quantitative estimate of drug-likeness (QED) is 0.453. The summed E-state index contributed by atoms with van der Waals surface area (Å²) in [6, 6.07) is 18.1. The molecule has 4 rings (SSSR count). The fraction of sp³-hybridized carbons (Fsp3) is 0.136. The number of aryl methyl sites for hydroxylation is 1. The third kappa shape index (κ3) is 5.41. The van der Waals surface area contributed by atoms with Gasteiger partial charge in [0, 0.05) is 23.4 Å². The fourth-order valence-corrected chi connectivity index (χ4v) is 2.92. The first kappa shape index (κ1) is 20.0. The van der Waals surface area contributed by atoms with Crippen molar-refractivity contribution in [3.05, 3.63) is 78.8 Å². The lowest BCUT2D eigenvalue weighted by molar-refractivity contribution is -0.116. The molecule has 0 saturated heterocycles. The third-order valence-corrected chi connectivity index (χ3v) is 4.43. The predicted octanol–water partition coefficient (Wildman–Crippen LogP) is 3.60. The number of furan rings is 1. The molecule has 0 radical (unpaired) electrons. The van der Waals surface area contributed by atoms with Crippen LogP contribution < -0.4 is 10.6 Å². The van der Waals surface area contributed by atoms with Crippen LogP contribution in [0.2, 0.25) is 0 Å². The van der Waals surface area contributed by atoms with Crippen LogP contribution in [-0.2, 0) is 11.3 Å². The van der Waals surface area contributed by atoms with Crippen molar-refractivity contribution in [3.8, 4) is 11.4 Å². The van der Waals surface area contributed by atoms with Gasteiger partial charge in [-0.15, -0.1) is 10.2 Å². The van der Waals surface area contributed by atoms with E-state index in [4.69, 9.17) is 4.42 Å². The highest BCUT2D eigenvalue weighted by Gasteiger charge is 2.09. The summed E-state index contributed by atoms with van der Waals surface area (Å²) in [5, 5.41) is 18.0. The first-order valence-corrected chi connectivity index (χ1v) is 9.74. The summed E-state index contributed by atoms with van der Waals surface area (Å²) in [5.74, 6) is 0.133. The van der Waals surface area contributed by atoms with Crippen LogP contribution in [0.4, 0.5) is 11.4 Å². The number of nitrogens with one attached hydrogen (secondary N) is 2. The lowest BCUT2D eigenvalue weighted by Gasteiger charge is -2.08. The van der Waals surface area contributed by atoms with Crippen LogP contribution in [0.5, 0.6) is 0 Å². The Morgan fingerprint density at radius 1 is 0.968 bits per heavy atom. The molecule has 0 fully saturated rings. The number of carbonyl (C=O) groups excluding carboxylic acids is 2. The summed E-state index contributed by atoms with van der Waals surface area (Å²) < 4.78 is 4.91. The molecule has 2 amide bonds. The average Bonchev–Trinajstić information content (AvgIpc) is 3.47. The van der Waals surface area contributed by atoms with Gasteiger partial charge in [0.15, 0.2) is 0 Å². The van der Waals surface area contributed by atoms with E-state index in [0.717, 1.165) is 5.56 Å². The maximum absolute atomic E-state index is 12.3. The van der Waals surface area contributed by atoms with Gasteiger partial charge in [-0.05, 0) is 35.9 Å². The van der Waals surface area contributed by atoms with E-state index in [9.17, 15) is 9.59 Å². The molecule has 0 aliphatic rings. The predicted molar refractivity (Wildman–Crippen MR) is 114 cm³/mol. The molecule has 9 heteroatoms. The summed E-state index contributed by atoms with van der Waals surface area (Å²) in [6.07, 6.45) is 3.66. The number of benzene rings is 2. The number of hydrogen-bond donors (Lipinski definition) is 2. The van der Waals surface area contributed by atoms with Gasteiger partial charge in [-0.25, -0.2) is 0 Å². The number of aromatic nitrogens is 4. The second kappa shape index (κ2) is 9.49. The van der Waals surface area contributed by atoms with Crippen LogP contribution in [-0.4, -0.2) is 32.0 Å². The number of tetrazole rings is 1. The van der Waals surface area contributed by atoms with Crippen LogP contribution in [0.25, 0.3) is 11.4 Å².